The largest absolute Gasteiger partial charge is 0.390 e. The molecule has 0 spiro atoms. The van der Waals surface area contributed by atoms with Crippen LogP contribution in [0.25, 0.3) is 0 Å². The standard InChI is InChI=1S/C19H29ClN2O/c1-21-10-12-22(13-11-21)18(16-6-5-7-17(20)14-16)15-19(23)8-3-2-4-9-19/h5-7,14,18,23H,2-4,8-13,15H2,1H3. The highest BCUT2D eigenvalue weighted by Crippen LogP contribution is 2.38. The lowest BCUT2D eigenvalue weighted by Crippen LogP contribution is -2.48. The number of halogens is 1. The van der Waals surface area contributed by atoms with Gasteiger partial charge in [-0.15, -0.1) is 0 Å². The molecule has 1 unspecified atom stereocenters. The zero-order valence-electron chi connectivity index (χ0n) is 14.2. The van der Waals surface area contributed by atoms with Gasteiger partial charge in [-0.25, -0.2) is 0 Å². The van der Waals surface area contributed by atoms with Gasteiger partial charge < -0.3 is 10.0 Å². The normalized spacial score (nSPS) is 24.5. The fraction of sp³-hybridized carbons (Fsp3) is 0.684. The quantitative estimate of drug-likeness (QED) is 0.908. The Morgan fingerprint density at radius 1 is 1.13 bits per heavy atom. The van der Waals surface area contributed by atoms with E-state index in [0.29, 0.717) is 0 Å². The molecule has 1 aromatic carbocycles. The van der Waals surface area contributed by atoms with Crippen LogP contribution in [-0.4, -0.2) is 53.7 Å². The monoisotopic (exact) mass is 336 g/mol. The van der Waals surface area contributed by atoms with Gasteiger partial charge in [0.15, 0.2) is 0 Å². The van der Waals surface area contributed by atoms with E-state index < -0.39 is 5.60 Å². The second-order valence-corrected chi connectivity index (χ2v) is 7.84. The molecule has 2 fully saturated rings. The van der Waals surface area contributed by atoms with E-state index in [2.05, 4.69) is 29.0 Å². The first-order chi connectivity index (χ1) is 11.1. The smallest absolute Gasteiger partial charge is 0.0666 e. The number of nitrogens with zero attached hydrogens (tertiary/aromatic N) is 2. The summed E-state index contributed by atoms with van der Waals surface area (Å²) in [5.74, 6) is 0. The molecular weight excluding hydrogens is 308 g/mol. The average molecular weight is 337 g/mol. The minimum absolute atomic E-state index is 0.269. The van der Waals surface area contributed by atoms with Gasteiger partial charge >= 0.3 is 0 Å². The molecular formula is C19H29ClN2O. The first-order valence-corrected chi connectivity index (χ1v) is 9.34. The van der Waals surface area contributed by atoms with Crippen molar-refractivity contribution < 1.29 is 5.11 Å². The minimum Gasteiger partial charge on any atom is -0.390 e. The van der Waals surface area contributed by atoms with E-state index in [4.69, 9.17) is 11.6 Å². The number of likely N-dealkylation sites (N-methyl/N-ethyl adjacent to an activating group) is 1. The number of hydrogen-bond acceptors (Lipinski definition) is 3. The van der Waals surface area contributed by atoms with Gasteiger partial charge in [0, 0.05) is 37.2 Å². The van der Waals surface area contributed by atoms with Crippen LogP contribution >= 0.6 is 11.6 Å². The lowest BCUT2D eigenvalue weighted by atomic mass is 9.79. The van der Waals surface area contributed by atoms with Gasteiger partial charge in [-0.05, 0) is 44.0 Å². The molecule has 0 bridgehead atoms. The van der Waals surface area contributed by atoms with E-state index in [-0.39, 0.29) is 6.04 Å². The molecule has 128 valence electrons. The van der Waals surface area contributed by atoms with E-state index >= 15 is 0 Å². The van der Waals surface area contributed by atoms with Gasteiger partial charge in [0.1, 0.15) is 0 Å². The Hall–Kier alpha value is -0.610. The maximum Gasteiger partial charge on any atom is 0.0666 e. The van der Waals surface area contributed by atoms with Crippen molar-refractivity contribution in [1.82, 2.24) is 9.80 Å². The number of piperazine rings is 1. The van der Waals surface area contributed by atoms with Crippen LogP contribution in [0.1, 0.15) is 50.1 Å². The van der Waals surface area contributed by atoms with Crippen molar-refractivity contribution in [2.24, 2.45) is 0 Å². The summed E-state index contributed by atoms with van der Waals surface area (Å²) in [6, 6.07) is 8.48. The molecule has 1 saturated heterocycles. The lowest BCUT2D eigenvalue weighted by Gasteiger charge is -2.42. The summed E-state index contributed by atoms with van der Waals surface area (Å²) in [4.78, 5) is 4.92. The van der Waals surface area contributed by atoms with Gasteiger partial charge in [0.25, 0.3) is 0 Å². The molecule has 1 saturated carbocycles. The first kappa shape index (κ1) is 17.2. The summed E-state index contributed by atoms with van der Waals surface area (Å²) < 4.78 is 0. The molecule has 0 aromatic heterocycles. The van der Waals surface area contributed by atoms with Crippen molar-refractivity contribution in [1.29, 1.82) is 0 Å². The van der Waals surface area contributed by atoms with Crippen molar-refractivity contribution in [3.05, 3.63) is 34.9 Å². The molecule has 2 aliphatic rings. The van der Waals surface area contributed by atoms with Crippen molar-refractivity contribution in [2.45, 2.75) is 50.2 Å². The summed E-state index contributed by atoms with van der Waals surface area (Å²) in [6.07, 6.45) is 6.29. The van der Waals surface area contributed by atoms with Crippen molar-refractivity contribution in [3.63, 3.8) is 0 Å². The number of aliphatic hydroxyl groups is 1. The van der Waals surface area contributed by atoms with Crippen LogP contribution in [0, 0.1) is 0 Å². The number of benzene rings is 1. The summed E-state index contributed by atoms with van der Waals surface area (Å²) in [5.41, 5.74) is 0.746. The minimum atomic E-state index is -0.505. The molecule has 1 aliphatic heterocycles. The van der Waals surface area contributed by atoms with Crippen LogP contribution in [-0.2, 0) is 0 Å². The Morgan fingerprint density at radius 2 is 1.83 bits per heavy atom. The van der Waals surface area contributed by atoms with Gasteiger partial charge in [0.2, 0.25) is 0 Å². The summed E-state index contributed by atoms with van der Waals surface area (Å²) >= 11 is 6.24. The SMILES string of the molecule is CN1CCN(C(CC2(O)CCCCC2)c2cccc(Cl)c2)CC1. The number of hydrogen-bond donors (Lipinski definition) is 1. The van der Waals surface area contributed by atoms with Crippen molar-refractivity contribution in [3.8, 4) is 0 Å². The van der Waals surface area contributed by atoms with Crippen LogP contribution in [0.5, 0.6) is 0 Å². The topological polar surface area (TPSA) is 26.7 Å². The Bertz CT molecular complexity index is 508. The van der Waals surface area contributed by atoms with Gasteiger partial charge in [-0.3, -0.25) is 4.90 Å². The molecule has 23 heavy (non-hydrogen) atoms. The molecule has 3 rings (SSSR count). The predicted molar refractivity (Wildman–Crippen MR) is 95.9 cm³/mol. The van der Waals surface area contributed by atoms with Crippen LogP contribution in [0.4, 0.5) is 0 Å². The Labute approximate surface area is 145 Å². The molecule has 1 aliphatic carbocycles. The third-order valence-electron chi connectivity index (χ3n) is 5.57. The molecule has 1 atom stereocenters. The average Bonchev–Trinajstić information content (AvgIpc) is 2.54. The highest BCUT2D eigenvalue weighted by molar-refractivity contribution is 6.30. The van der Waals surface area contributed by atoms with Crippen molar-refractivity contribution in [2.75, 3.05) is 33.2 Å². The fourth-order valence-corrected chi connectivity index (χ4v) is 4.28. The summed E-state index contributed by atoms with van der Waals surface area (Å²) in [6.45, 7) is 4.30. The molecule has 3 nitrogen and oxygen atoms in total. The van der Waals surface area contributed by atoms with Crippen molar-refractivity contribution >= 4 is 11.6 Å². The maximum atomic E-state index is 11.1. The molecule has 1 N–H and O–H groups in total. The predicted octanol–water partition coefficient (Wildman–Crippen LogP) is 3.71. The van der Waals surface area contributed by atoms with Gasteiger partial charge in [0.05, 0.1) is 5.60 Å². The van der Waals surface area contributed by atoms with Crippen LogP contribution < -0.4 is 0 Å². The van der Waals surface area contributed by atoms with E-state index in [1.54, 1.807) is 0 Å². The van der Waals surface area contributed by atoms with Crippen LogP contribution in [0.2, 0.25) is 5.02 Å². The van der Waals surface area contributed by atoms with E-state index in [1.165, 1.54) is 12.0 Å². The second kappa shape index (κ2) is 7.52. The second-order valence-electron chi connectivity index (χ2n) is 7.40. The van der Waals surface area contributed by atoms with Gasteiger partial charge in [-0.2, -0.15) is 0 Å². The highest BCUT2D eigenvalue weighted by Gasteiger charge is 2.35. The van der Waals surface area contributed by atoms with Gasteiger partial charge in [-0.1, -0.05) is 43.0 Å². The third kappa shape index (κ3) is 4.48. The van der Waals surface area contributed by atoms with E-state index in [9.17, 15) is 5.11 Å². The Balaban J connectivity index is 1.80. The zero-order valence-corrected chi connectivity index (χ0v) is 14.9. The Morgan fingerprint density at radius 3 is 2.48 bits per heavy atom. The summed E-state index contributed by atoms with van der Waals surface area (Å²) in [7, 11) is 2.18. The van der Waals surface area contributed by atoms with Crippen LogP contribution in [0.3, 0.4) is 0 Å². The lowest BCUT2D eigenvalue weighted by molar-refractivity contribution is -0.0332. The molecule has 0 amide bonds. The third-order valence-corrected chi connectivity index (χ3v) is 5.80. The first-order valence-electron chi connectivity index (χ1n) is 8.96. The molecule has 0 radical (unpaired) electrons. The van der Waals surface area contributed by atoms with Crippen LogP contribution in [0.15, 0.2) is 24.3 Å². The van der Waals surface area contributed by atoms with E-state index in [1.807, 2.05) is 12.1 Å². The summed E-state index contributed by atoms with van der Waals surface area (Å²) in [5, 5.41) is 11.9. The highest BCUT2D eigenvalue weighted by atomic mass is 35.5. The number of rotatable bonds is 4. The molecule has 1 heterocycles. The molecule has 1 aromatic rings. The molecule has 4 heteroatoms. The zero-order chi connectivity index (χ0) is 16.3. The fourth-order valence-electron chi connectivity index (χ4n) is 4.08. The van der Waals surface area contributed by atoms with E-state index in [0.717, 1.165) is 63.3 Å². The maximum absolute atomic E-state index is 11.1. The Kier molecular flexibility index (Phi) is 5.63.